The molecule has 0 amide bonds. The second kappa shape index (κ2) is 6.17. The normalized spacial score (nSPS) is 12.0. The molecule has 0 aliphatic heterocycles. The van der Waals surface area contributed by atoms with Crippen molar-refractivity contribution in [3.63, 3.8) is 0 Å². The van der Waals surface area contributed by atoms with Crippen molar-refractivity contribution in [2.45, 2.75) is 13.3 Å². The molecule has 92 valence electrons. The highest BCUT2D eigenvalue weighted by atomic mass is 79.9. The number of carbonyl (C=O) groups excluding carboxylic acids is 2. The van der Waals surface area contributed by atoms with E-state index in [1.165, 1.54) is 7.11 Å². The predicted molar refractivity (Wildman–Crippen MR) is 69.3 cm³/mol. The van der Waals surface area contributed by atoms with Crippen molar-refractivity contribution < 1.29 is 14.3 Å². The number of halogens is 2. The van der Waals surface area contributed by atoms with E-state index in [2.05, 4.69) is 20.7 Å². The lowest BCUT2D eigenvalue weighted by atomic mass is 9.96. The van der Waals surface area contributed by atoms with Crippen molar-refractivity contribution in [2.24, 2.45) is 5.92 Å². The Morgan fingerprint density at radius 2 is 2.12 bits per heavy atom. The average Bonchev–Trinajstić information content (AvgIpc) is 2.31. The number of Topliss-reactive ketones (excluding diaryl/α,β-unsaturated/α-hetero) is 1. The minimum Gasteiger partial charge on any atom is -0.469 e. The molecule has 0 heterocycles. The van der Waals surface area contributed by atoms with E-state index in [0.29, 0.717) is 15.1 Å². The maximum atomic E-state index is 12.0. The Hall–Kier alpha value is -0.870. The van der Waals surface area contributed by atoms with E-state index < -0.39 is 5.92 Å². The molecular formula is C12H12BrClO3. The first-order chi connectivity index (χ1) is 7.95. The lowest BCUT2D eigenvalue weighted by Gasteiger charge is -2.09. The summed E-state index contributed by atoms with van der Waals surface area (Å²) in [4.78, 5) is 23.1. The molecule has 0 saturated heterocycles. The average molecular weight is 320 g/mol. The molecule has 5 heteroatoms. The van der Waals surface area contributed by atoms with Crippen LogP contribution in [0.4, 0.5) is 0 Å². The number of hydrogen-bond acceptors (Lipinski definition) is 3. The number of rotatable bonds is 4. The van der Waals surface area contributed by atoms with Gasteiger partial charge in [0.15, 0.2) is 5.78 Å². The van der Waals surface area contributed by atoms with Gasteiger partial charge in [0.25, 0.3) is 0 Å². The third-order valence-electron chi connectivity index (χ3n) is 2.35. The van der Waals surface area contributed by atoms with Crippen LogP contribution >= 0.6 is 27.5 Å². The summed E-state index contributed by atoms with van der Waals surface area (Å²) in [5.41, 5.74) is 0.526. The maximum absolute atomic E-state index is 12.0. The number of benzene rings is 1. The molecule has 0 N–H and O–H groups in total. The molecule has 0 bridgehead atoms. The van der Waals surface area contributed by atoms with Gasteiger partial charge in [-0.15, -0.1) is 0 Å². The Morgan fingerprint density at radius 1 is 1.47 bits per heavy atom. The molecule has 0 radical (unpaired) electrons. The molecule has 0 aromatic heterocycles. The highest BCUT2D eigenvalue weighted by molar-refractivity contribution is 9.10. The minimum atomic E-state index is -0.407. The summed E-state index contributed by atoms with van der Waals surface area (Å²) in [5, 5.41) is 0.544. The van der Waals surface area contributed by atoms with Crippen molar-refractivity contribution in [1.82, 2.24) is 0 Å². The van der Waals surface area contributed by atoms with E-state index in [0.717, 1.165) is 0 Å². The van der Waals surface area contributed by atoms with Gasteiger partial charge in [0.1, 0.15) is 0 Å². The molecule has 0 aliphatic carbocycles. The van der Waals surface area contributed by atoms with Crippen molar-refractivity contribution >= 4 is 39.3 Å². The van der Waals surface area contributed by atoms with Gasteiger partial charge in [-0.25, -0.2) is 0 Å². The number of esters is 1. The zero-order valence-corrected chi connectivity index (χ0v) is 11.8. The first kappa shape index (κ1) is 14.2. The molecule has 1 rings (SSSR count). The van der Waals surface area contributed by atoms with Crippen LogP contribution in [0.3, 0.4) is 0 Å². The highest BCUT2D eigenvalue weighted by Crippen LogP contribution is 2.25. The number of ether oxygens (including phenoxy) is 1. The van der Waals surface area contributed by atoms with Gasteiger partial charge in [-0.3, -0.25) is 9.59 Å². The number of methoxy groups -OCH3 is 1. The molecule has 1 atom stereocenters. The van der Waals surface area contributed by atoms with Gasteiger partial charge in [0.05, 0.1) is 18.6 Å². The highest BCUT2D eigenvalue weighted by Gasteiger charge is 2.19. The molecule has 1 aromatic carbocycles. The molecule has 3 nitrogen and oxygen atoms in total. The summed E-state index contributed by atoms with van der Waals surface area (Å²) in [7, 11) is 1.30. The molecule has 1 unspecified atom stereocenters. The van der Waals surface area contributed by atoms with Crippen LogP contribution in [0, 0.1) is 5.92 Å². The van der Waals surface area contributed by atoms with Crippen LogP contribution in [0.1, 0.15) is 23.7 Å². The fourth-order valence-corrected chi connectivity index (χ4v) is 1.86. The zero-order valence-electron chi connectivity index (χ0n) is 9.50. The van der Waals surface area contributed by atoms with E-state index in [-0.39, 0.29) is 18.2 Å². The van der Waals surface area contributed by atoms with Gasteiger partial charge in [0, 0.05) is 16.0 Å². The summed E-state index contributed by atoms with van der Waals surface area (Å²) in [5.74, 6) is -0.901. The third kappa shape index (κ3) is 3.82. The number of ketones is 1. The van der Waals surface area contributed by atoms with Crippen molar-refractivity contribution in [3.05, 3.63) is 33.3 Å². The summed E-state index contributed by atoms with van der Waals surface area (Å²) >= 11 is 9.09. The van der Waals surface area contributed by atoms with Gasteiger partial charge in [-0.05, 0) is 34.1 Å². The SMILES string of the molecule is COC(=O)CC(C)C(=O)c1ccc(Cl)c(Br)c1. The lowest BCUT2D eigenvalue weighted by molar-refractivity contribution is -0.141. The van der Waals surface area contributed by atoms with Crippen LogP contribution in [0.25, 0.3) is 0 Å². The standard InChI is InChI=1S/C12H12BrClO3/c1-7(5-11(15)17-2)12(16)8-3-4-10(14)9(13)6-8/h3-4,6-7H,5H2,1-2H3. The quantitative estimate of drug-likeness (QED) is 0.630. The Bertz CT molecular complexity index is 445. The Balaban J connectivity index is 2.81. The van der Waals surface area contributed by atoms with Gasteiger partial charge >= 0.3 is 5.97 Å². The monoisotopic (exact) mass is 318 g/mol. The van der Waals surface area contributed by atoms with Crippen LogP contribution in [-0.4, -0.2) is 18.9 Å². The fraction of sp³-hybridized carbons (Fsp3) is 0.333. The van der Waals surface area contributed by atoms with Crippen LogP contribution < -0.4 is 0 Å². The smallest absolute Gasteiger partial charge is 0.306 e. The first-order valence-electron chi connectivity index (χ1n) is 5.01. The van der Waals surface area contributed by atoms with Gasteiger partial charge < -0.3 is 4.74 Å². The minimum absolute atomic E-state index is 0.0789. The summed E-state index contributed by atoms with van der Waals surface area (Å²) in [6.07, 6.45) is 0.0789. The largest absolute Gasteiger partial charge is 0.469 e. The molecular weight excluding hydrogens is 307 g/mol. The van der Waals surface area contributed by atoms with E-state index in [1.807, 2.05) is 0 Å². The maximum Gasteiger partial charge on any atom is 0.306 e. The van der Waals surface area contributed by atoms with Crippen molar-refractivity contribution in [2.75, 3.05) is 7.11 Å². The Labute approximate surface area is 113 Å². The fourth-order valence-electron chi connectivity index (χ4n) is 1.36. The van der Waals surface area contributed by atoms with E-state index in [1.54, 1.807) is 25.1 Å². The second-order valence-corrected chi connectivity index (χ2v) is 4.94. The van der Waals surface area contributed by atoms with E-state index in [4.69, 9.17) is 11.6 Å². The second-order valence-electron chi connectivity index (χ2n) is 3.67. The van der Waals surface area contributed by atoms with Crippen molar-refractivity contribution in [1.29, 1.82) is 0 Å². The van der Waals surface area contributed by atoms with E-state index in [9.17, 15) is 9.59 Å². The first-order valence-corrected chi connectivity index (χ1v) is 6.19. The molecule has 0 aliphatic rings. The molecule has 0 saturated carbocycles. The number of hydrogen-bond donors (Lipinski definition) is 0. The van der Waals surface area contributed by atoms with Gasteiger partial charge in [0.2, 0.25) is 0 Å². The van der Waals surface area contributed by atoms with Gasteiger partial charge in [-0.1, -0.05) is 18.5 Å². The van der Waals surface area contributed by atoms with Gasteiger partial charge in [-0.2, -0.15) is 0 Å². The summed E-state index contributed by atoms with van der Waals surface area (Å²) in [6.45, 7) is 1.70. The molecule has 0 spiro atoms. The van der Waals surface area contributed by atoms with Crippen LogP contribution in [0.5, 0.6) is 0 Å². The summed E-state index contributed by atoms with van der Waals surface area (Å²) in [6, 6.07) is 4.94. The zero-order chi connectivity index (χ0) is 13.0. The third-order valence-corrected chi connectivity index (χ3v) is 3.57. The number of carbonyl (C=O) groups is 2. The Kier molecular flexibility index (Phi) is 5.15. The topological polar surface area (TPSA) is 43.4 Å². The van der Waals surface area contributed by atoms with Crippen LogP contribution in [0.2, 0.25) is 5.02 Å². The molecule has 0 fully saturated rings. The van der Waals surface area contributed by atoms with Crippen LogP contribution in [0.15, 0.2) is 22.7 Å². The molecule has 1 aromatic rings. The predicted octanol–water partition coefficient (Wildman–Crippen LogP) is 3.48. The lowest BCUT2D eigenvalue weighted by Crippen LogP contribution is -2.16. The molecule has 17 heavy (non-hydrogen) atoms. The summed E-state index contributed by atoms with van der Waals surface area (Å²) < 4.78 is 5.19. The van der Waals surface area contributed by atoms with E-state index >= 15 is 0 Å². The Morgan fingerprint density at radius 3 is 2.65 bits per heavy atom. The van der Waals surface area contributed by atoms with Crippen LogP contribution in [-0.2, 0) is 9.53 Å². The van der Waals surface area contributed by atoms with Crippen molar-refractivity contribution in [3.8, 4) is 0 Å².